The van der Waals surface area contributed by atoms with Crippen molar-refractivity contribution in [2.24, 2.45) is 0 Å². The summed E-state index contributed by atoms with van der Waals surface area (Å²) in [6.07, 6.45) is 0. The topological polar surface area (TPSA) is 43.7 Å². The van der Waals surface area contributed by atoms with Crippen LogP contribution in [0.2, 0.25) is 0 Å². The molecule has 0 heterocycles. The van der Waals surface area contributed by atoms with Crippen molar-refractivity contribution in [1.29, 1.82) is 0 Å². The number of hydrogen-bond donors (Lipinski definition) is 2. The summed E-state index contributed by atoms with van der Waals surface area (Å²) in [7, 11) is 0. The minimum atomic E-state index is 0.0295. The van der Waals surface area contributed by atoms with E-state index in [4.69, 9.17) is 0 Å². The zero-order valence-corrected chi connectivity index (χ0v) is 11.3. The monoisotopic (exact) mass is 277 g/mol. The highest BCUT2D eigenvalue weighted by Gasteiger charge is 2.13. The van der Waals surface area contributed by atoms with Gasteiger partial charge in [0.05, 0.1) is 5.69 Å². The molecule has 0 amide bonds. The zero-order chi connectivity index (χ0) is 14.7. The highest BCUT2D eigenvalue weighted by Crippen LogP contribution is 2.37. The fourth-order valence-corrected chi connectivity index (χ4v) is 2.31. The first-order chi connectivity index (χ1) is 10.2. The van der Waals surface area contributed by atoms with Crippen molar-refractivity contribution < 1.29 is 10.2 Å². The molecule has 3 aromatic rings. The van der Waals surface area contributed by atoms with E-state index in [0.29, 0.717) is 5.69 Å². The molecule has 0 radical (unpaired) electrons. The Labute approximate surface area is 123 Å². The Morgan fingerprint density at radius 1 is 0.524 bits per heavy atom. The number of aromatic hydroxyl groups is 2. The minimum Gasteiger partial charge on any atom is -0.508 e. The molecule has 0 fully saturated rings. The van der Waals surface area contributed by atoms with Gasteiger partial charge >= 0.3 is 0 Å². The molecule has 0 saturated carbocycles. The van der Waals surface area contributed by atoms with Crippen LogP contribution in [0.15, 0.2) is 78.9 Å². The van der Waals surface area contributed by atoms with Gasteiger partial charge in [0.25, 0.3) is 0 Å². The van der Waals surface area contributed by atoms with Gasteiger partial charge in [-0.05, 0) is 24.3 Å². The van der Waals surface area contributed by atoms with Crippen molar-refractivity contribution in [1.82, 2.24) is 0 Å². The Hall–Kier alpha value is -2.94. The van der Waals surface area contributed by atoms with Gasteiger partial charge in [-0.25, -0.2) is 0 Å². The first kappa shape index (κ1) is 13.1. The molecule has 0 saturated heterocycles. The van der Waals surface area contributed by atoms with Crippen LogP contribution in [-0.2, 0) is 0 Å². The molecule has 0 aliphatic carbocycles. The van der Waals surface area contributed by atoms with E-state index in [2.05, 4.69) is 0 Å². The average Bonchev–Trinajstić information content (AvgIpc) is 2.49. The van der Waals surface area contributed by atoms with Gasteiger partial charge in [0.1, 0.15) is 11.5 Å². The maximum Gasteiger partial charge on any atom is 0.121 e. The average molecular weight is 277 g/mol. The van der Waals surface area contributed by atoms with Crippen LogP contribution >= 0.6 is 0 Å². The van der Waals surface area contributed by atoms with Crippen LogP contribution in [0.1, 0.15) is 0 Å². The van der Waals surface area contributed by atoms with Crippen LogP contribution in [0.5, 0.6) is 11.5 Å². The number of phenolic OH excluding ortho intramolecular Hbond substituents is 2. The van der Waals surface area contributed by atoms with E-state index in [-0.39, 0.29) is 11.5 Å². The number of benzene rings is 3. The lowest BCUT2D eigenvalue weighted by Crippen LogP contribution is -2.09. The summed E-state index contributed by atoms with van der Waals surface area (Å²) < 4.78 is 0. The van der Waals surface area contributed by atoms with Crippen molar-refractivity contribution in [2.45, 2.75) is 0 Å². The fourth-order valence-electron chi connectivity index (χ4n) is 2.31. The van der Waals surface area contributed by atoms with Crippen LogP contribution in [0.3, 0.4) is 0 Å². The quantitative estimate of drug-likeness (QED) is 0.737. The molecule has 0 aliphatic rings. The normalized spacial score (nSPS) is 10.3. The second kappa shape index (κ2) is 5.59. The van der Waals surface area contributed by atoms with Crippen LogP contribution in [0, 0.1) is 0 Å². The van der Waals surface area contributed by atoms with E-state index in [1.54, 1.807) is 12.1 Å². The standard InChI is InChI=1S/C18H15NO2/c20-17-11-16(12-18(21)13-17)19(14-7-3-1-4-8-14)15-9-5-2-6-10-15/h1-13,20-21H. The number of rotatable bonds is 3. The lowest BCUT2D eigenvalue weighted by Gasteiger charge is -2.25. The third kappa shape index (κ3) is 2.82. The summed E-state index contributed by atoms with van der Waals surface area (Å²) in [5.41, 5.74) is 2.60. The van der Waals surface area contributed by atoms with E-state index in [9.17, 15) is 10.2 Å². The second-order valence-electron chi connectivity index (χ2n) is 4.71. The van der Waals surface area contributed by atoms with Crippen molar-refractivity contribution in [2.75, 3.05) is 4.90 Å². The first-order valence-electron chi connectivity index (χ1n) is 6.67. The number of hydrogen-bond acceptors (Lipinski definition) is 3. The van der Waals surface area contributed by atoms with Gasteiger partial charge in [0.15, 0.2) is 0 Å². The summed E-state index contributed by atoms with van der Waals surface area (Å²) in [4.78, 5) is 1.97. The van der Waals surface area contributed by atoms with Crippen molar-refractivity contribution in [3.8, 4) is 11.5 Å². The van der Waals surface area contributed by atoms with Gasteiger partial charge < -0.3 is 15.1 Å². The molecule has 0 atom stereocenters. The Balaban J connectivity index is 2.17. The molecule has 0 bridgehead atoms. The molecule has 0 spiro atoms. The van der Waals surface area contributed by atoms with Crippen molar-refractivity contribution in [3.63, 3.8) is 0 Å². The minimum absolute atomic E-state index is 0.0295. The van der Waals surface area contributed by atoms with E-state index in [1.165, 1.54) is 6.07 Å². The molecule has 3 aromatic carbocycles. The summed E-state index contributed by atoms with van der Waals surface area (Å²) in [6, 6.07) is 24.2. The van der Waals surface area contributed by atoms with Crippen LogP contribution in [0.25, 0.3) is 0 Å². The predicted octanol–water partition coefficient (Wildman–Crippen LogP) is 4.57. The predicted molar refractivity (Wildman–Crippen MR) is 84.5 cm³/mol. The summed E-state index contributed by atoms with van der Waals surface area (Å²) >= 11 is 0. The van der Waals surface area contributed by atoms with Crippen LogP contribution < -0.4 is 4.90 Å². The summed E-state index contributed by atoms with van der Waals surface area (Å²) in [6.45, 7) is 0. The Morgan fingerprint density at radius 3 is 1.38 bits per heavy atom. The Bertz CT molecular complexity index is 667. The van der Waals surface area contributed by atoms with Crippen molar-refractivity contribution in [3.05, 3.63) is 78.9 Å². The highest BCUT2D eigenvalue weighted by atomic mass is 16.3. The molecule has 0 unspecified atom stereocenters. The second-order valence-corrected chi connectivity index (χ2v) is 4.71. The molecule has 2 N–H and O–H groups in total. The van der Waals surface area contributed by atoms with Crippen LogP contribution in [-0.4, -0.2) is 10.2 Å². The van der Waals surface area contributed by atoms with Gasteiger partial charge in [-0.2, -0.15) is 0 Å². The highest BCUT2D eigenvalue weighted by molar-refractivity contribution is 5.77. The third-order valence-corrected chi connectivity index (χ3v) is 3.17. The zero-order valence-electron chi connectivity index (χ0n) is 11.3. The van der Waals surface area contributed by atoms with E-state index < -0.39 is 0 Å². The van der Waals surface area contributed by atoms with Crippen molar-refractivity contribution >= 4 is 17.1 Å². The maximum absolute atomic E-state index is 9.75. The van der Waals surface area contributed by atoms with Gasteiger partial charge in [-0.1, -0.05) is 36.4 Å². The Morgan fingerprint density at radius 2 is 0.952 bits per heavy atom. The lowest BCUT2D eigenvalue weighted by molar-refractivity contribution is 0.451. The molecule has 104 valence electrons. The smallest absolute Gasteiger partial charge is 0.121 e. The van der Waals surface area contributed by atoms with E-state index in [1.807, 2.05) is 65.6 Å². The molecular formula is C18H15NO2. The van der Waals surface area contributed by atoms with Gasteiger partial charge in [-0.3, -0.25) is 0 Å². The van der Waals surface area contributed by atoms with Gasteiger partial charge in [0, 0.05) is 29.6 Å². The number of para-hydroxylation sites is 2. The fraction of sp³-hybridized carbons (Fsp3) is 0. The largest absolute Gasteiger partial charge is 0.508 e. The molecule has 3 rings (SSSR count). The number of nitrogens with zero attached hydrogens (tertiary/aromatic N) is 1. The third-order valence-electron chi connectivity index (χ3n) is 3.17. The van der Waals surface area contributed by atoms with Gasteiger partial charge in [-0.15, -0.1) is 0 Å². The molecular weight excluding hydrogens is 262 g/mol. The molecule has 3 heteroatoms. The summed E-state index contributed by atoms with van der Waals surface area (Å²) in [5, 5.41) is 19.5. The number of phenols is 2. The van der Waals surface area contributed by atoms with Crippen LogP contribution in [0.4, 0.5) is 17.1 Å². The first-order valence-corrected chi connectivity index (χ1v) is 6.67. The Kier molecular flexibility index (Phi) is 3.48. The molecule has 21 heavy (non-hydrogen) atoms. The van der Waals surface area contributed by atoms with E-state index in [0.717, 1.165) is 11.4 Å². The lowest BCUT2D eigenvalue weighted by atomic mass is 10.2. The van der Waals surface area contributed by atoms with Gasteiger partial charge in [0.2, 0.25) is 0 Å². The number of anilines is 3. The summed E-state index contributed by atoms with van der Waals surface area (Å²) in [5.74, 6) is 0.0590. The SMILES string of the molecule is Oc1cc(O)cc(N(c2ccccc2)c2ccccc2)c1. The maximum atomic E-state index is 9.75. The molecule has 0 aliphatic heterocycles. The van der Waals surface area contributed by atoms with E-state index >= 15 is 0 Å². The molecule has 0 aromatic heterocycles. The molecule has 3 nitrogen and oxygen atoms in total.